The van der Waals surface area contributed by atoms with E-state index in [2.05, 4.69) is 0 Å². The van der Waals surface area contributed by atoms with Crippen LogP contribution in [-0.2, 0) is 0 Å². The van der Waals surface area contributed by atoms with Crippen molar-refractivity contribution in [1.82, 2.24) is 13.7 Å². The van der Waals surface area contributed by atoms with E-state index in [1.165, 1.54) is 44.0 Å². The monoisotopic (exact) mass is 745 g/mol. The van der Waals surface area contributed by atoms with Crippen LogP contribution in [0.5, 0.6) is 0 Å². The second-order valence-electron chi connectivity index (χ2n) is 13.4. The number of para-hydroxylation sites is 5. The average Bonchev–Trinajstić information content (AvgIpc) is 4.11. The summed E-state index contributed by atoms with van der Waals surface area (Å²) < 4.78 is 187. The molecule has 0 saturated heterocycles. The normalized spacial score (nSPS) is 16.8. The summed E-state index contributed by atoms with van der Waals surface area (Å²) in [5, 5.41) is -0.391. The topological polar surface area (TPSA) is 14.8 Å². The Bertz CT molecular complexity index is 4660. The van der Waals surface area contributed by atoms with Crippen molar-refractivity contribution in [3.05, 3.63) is 212 Å². The van der Waals surface area contributed by atoms with Gasteiger partial charge in [-0.1, -0.05) is 121 Å². The van der Waals surface area contributed by atoms with Gasteiger partial charge in [0, 0.05) is 49.4 Å². The number of hydrogen-bond acceptors (Lipinski definition) is 0. The van der Waals surface area contributed by atoms with Crippen molar-refractivity contribution in [3.8, 4) is 39.3 Å². The Kier molecular flexibility index (Phi) is 3.91. The van der Waals surface area contributed by atoms with Crippen molar-refractivity contribution in [2.45, 2.75) is 0 Å². The van der Waals surface area contributed by atoms with Gasteiger partial charge in [0.25, 0.3) is 0 Å². The first-order chi connectivity index (χ1) is 36.6. The standard InChI is InChI=1S/C54H35N3/c1-3-13-40(14-4-1)55-49-20-10-7-17-43(49)46-33-37(25-30-52(46)55)36-23-28-42(29-24-36)57-51-22-12-9-19-45(51)48-35-39(27-32-54(48)57)38-26-31-53-47(34-38)44-18-8-11-21-50(44)56(53)41-15-5-2-6-16-41/h1-35H/i7D,8D,9D,10D,11D,12D,17D,19D,20D,21D,22D,25D,26D,27D,30D,31D,32D,33D,34D,35D. The number of benzene rings is 9. The summed E-state index contributed by atoms with van der Waals surface area (Å²) in [6, 6.07) is 14.1. The zero-order valence-corrected chi connectivity index (χ0v) is 29.5. The van der Waals surface area contributed by atoms with E-state index in [-0.39, 0.29) is 106 Å². The minimum atomic E-state index is -0.691. The molecule has 0 amide bonds. The molecule has 266 valence electrons. The van der Waals surface area contributed by atoms with Crippen LogP contribution in [0.2, 0.25) is 0 Å². The Morgan fingerprint density at radius 1 is 0.263 bits per heavy atom. The fourth-order valence-corrected chi connectivity index (χ4v) is 7.71. The molecule has 3 heteroatoms. The summed E-state index contributed by atoms with van der Waals surface area (Å²) in [6.07, 6.45) is 0. The number of rotatable bonds is 5. The molecule has 57 heavy (non-hydrogen) atoms. The maximum absolute atomic E-state index is 9.89. The van der Waals surface area contributed by atoms with Crippen molar-refractivity contribution < 1.29 is 27.4 Å². The highest BCUT2D eigenvalue weighted by molar-refractivity contribution is 6.13. The van der Waals surface area contributed by atoms with E-state index in [1.54, 1.807) is 60.7 Å². The first-order valence-corrected chi connectivity index (χ1v) is 18.0. The first kappa shape index (κ1) is 17.9. The zero-order valence-electron chi connectivity index (χ0n) is 49.5. The van der Waals surface area contributed by atoms with Crippen LogP contribution in [0.1, 0.15) is 27.4 Å². The molecule has 0 radical (unpaired) electrons. The zero-order chi connectivity index (χ0) is 54.9. The molecule has 3 heterocycles. The van der Waals surface area contributed by atoms with E-state index in [1.807, 2.05) is 0 Å². The lowest BCUT2D eigenvalue weighted by atomic mass is 10.0. The predicted octanol–water partition coefficient (Wildman–Crippen LogP) is 14.3. The highest BCUT2D eigenvalue weighted by Crippen LogP contribution is 2.39. The molecular weight excluding hydrogens is 691 g/mol. The predicted molar refractivity (Wildman–Crippen MR) is 240 cm³/mol. The van der Waals surface area contributed by atoms with Gasteiger partial charge in [-0.05, 0) is 113 Å². The molecule has 0 unspecified atom stereocenters. The van der Waals surface area contributed by atoms with Crippen molar-refractivity contribution in [2.24, 2.45) is 0 Å². The largest absolute Gasteiger partial charge is 0.309 e. The number of hydrogen-bond donors (Lipinski definition) is 0. The van der Waals surface area contributed by atoms with Gasteiger partial charge in [-0.15, -0.1) is 0 Å². The van der Waals surface area contributed by atoms with E-state index in [0.29, 0.717) is 11.4 Å². The van der Waals surface area contributed by atoms with Crippen molar-refractivity contribution in [3.63, 3.8) is 0 Å². The summed E-state index contributed by atoms with van der Waals surface area (Å²) in [4.78, 5) is 0. The van der Waals surface area contributed by atoms with E-state index in [9.17, 15) is 15.1 Å². The van der Waals surface area contributed by atoms with Gasteiger partial charge in [-0.2, -0.15) is 0 Å². The fraction of sp³-hybridized carbons (Fsp3) is 0. The van der Waals surface area contributed by atoms with Crippen LogP contribution < -0.4 is 0 Å². The van der Waals surface area contributed by atoms with E-state index < -0.39 is 108 Å². The average molecular weight is 746 g/mol. The Balaban J connectivity index is 1.12. The summed E-state index contributed by atoms with van der Waals surface area (Å²) >= 11 is 0. The lowest BCUT2D eigenvalue weighted by molar-refractivity contribution is 1.18. The second kappa shape index (κ2) is 12.5. The Morgan fingerprint density at radius 2 is 0.632 bits per heavy atom. The molecule has 9 aromatic carbocycles. The molecule has 0 aliphatic carbocycles. The summed E-state index contributed by atoms with van der Waals surface area (Å²) in [7, 11) is 0. The fourth-order valence-electron chi connectivity index (χ4n) is 7.71. The van der Waals surface area contributed by atoms with Crippen LogP contribution >= 0.6 is 0 Å². The third-order valence-corrected chi connectivity index (χ3v) is 10.2. The van der Waals surface area contributed by atoms with E-state index in [0.717, 1.165) is 0 Å². The lowest BCUT2D eigenvalue weighted by Gasteiger charge is -2.11. The van der Waals surface area contributed by atoms with Crippen LogP contribution in [-0.4, -0.2) is 13.7 Å². The van der Waals surface area contributed by atoms with Gasteiger partial charge in [0.05, 0.1) is 60.5 Å². The van der Waals surface area contributed by atoms with Crippen LogP contribution in [0.15, 0.2) is 212 Å². The third-order valence-electron chi connectivity index (χ3n) is 10.2. The molecule has 3 nitrogen and oxygen atoms in total. The van der Waals surface area contributed by atoms with E-state index >= 15 is 0 Å². The Hall–Kier alpha value is -7.62. The minimum absolute atomic E-state index is 0.00418. The third kappa shape index (κ3) is 4.86. The van der Waals surface area contributed by atoms with Gasteiger partial charge in [0.15, 0.2) is 0 Å². The molecule has 0 saturated carbocycles. The molecule has 0 aliphatic rings. The van der Waals surface area contributed by atoms with Crippen LogP contribution in [0.4, 0.5) is 0 Å². The highest BCUT2D eigenvalue weighted by Gasteiger charge is 2.17. The summed E-state index contributed by atoms with van der Waals surface area (Å²) in [6.45, 7) is 0. The maximum Gasteiger partial charge on any atom is 0.0645 e. The molecular formula is C54H35N3. The van der Waals surface area contributed by atoms with Gasteiger partial charge in [0.1, 0.15) is 0 Å². The Labute approximate surface area is 357 Å². The SMILES string of the molecule is [2H]c1cc2c3c([2H])c(-c4c([2H])c([2H])c5c(c4[2H])c4c([2H])c([2H])c([2H])c([2H])c4n5-c4ccc(-c5c([2H])c([2H])c6c(c5[2H])c5c([2H])c([2H])c([2H])c([2H])c5n6-c5ccccc5)cc4)c([2H])c([2H])c3n(-c3ccccc3)c2c([2H])c1[2H]. The van der Waals surface area contributed by atoms with Crippen molar-refractivity contribution in [2.75, 3.05) is 0 Å². The molecule has 0 aliphatic heterocycles. The maximum atomic E-state index is 9.89. The van der Waals surface area contributed by atoms with E-state index in [4.69, 9.17) is 12.3 Å². The summed E-state index contributed by atoms with van der Waals surface area (Å²) in [5.74, 6) is 0. The smallest absolute Gasteiger partial charge is 0.0645 e. The molecule has 0 fully saturated rings. The number of fused-ring (bicyclic) bond motifs is 9. The van der Waals surface area contributed by atoms with Crippen molar-refractivity contribution in [1.29, 1.82) is 0 Å². The number of nitrogens with zero attached hydrogens (tertiary/aromatic N) is 3. The van der Waals surface area contributed by atoms with Gasteiger partial charge in [-0.25, -0.2) is 0 Å². The van der Waals surface area contributed by atoms with Gasteiger partial charge < -0.3 is 13.7 Å². The number of aromatic nitrogens is 3. The molecule has 0 N–H and O–H groups in total. The van der Waals surface area contributed by atoms with Crippen LogP contribution in [0.3, 0.4) is 0 Å². The van der Waals surface area contributed by atoms with Crippen LogP contribution in [0, 0.1) is 0 Å². The molecule has 12 aromatic rings. The Morgan fingerprint density at radius 3 is 1.12 bits per heavy atom. The minimum Gasteiger partial charge on any atom is -0.309 e. The molecule has 0 bridgehead atoms. The molecule has 12 rings (SSSR count). The quantitative estimate of drug-likeness (QED) is 0.167. The lowest BCUT2D eigenvalue weighted by Crippen LogP contribution is -1.94. The molecule has 3 aromatic heterocycles. The molecule has 0 atom stereocenters. The second-order valence-corrected chi connectivity index (χ2v) is 13.4. The van der Waals surface area contributed by atoms with Gasteiger partial charge in [-0.3, -0.25) is 0 Å². The van der Waals surface area contributed by atoms with Gasteiger partial charge >= 0.3 is 0 Å². The highest BCUT2D eigenvalue weighted by atomic mass is 15.0. The summed E-state index contributed by atoms with van der Waals surface area (Å²) in [5.41, 5.74) is -0.0708. The van der Waals surface area contributed by atoms with Gasteiger partial charge in [0.2, 0.25) is 0 Å². The molecule has 0 spiro atoms. The first-order valence-electron chi connectivity index (χ1n) is 28.0. The van der Waals surface area contributed by atoms with Crippen LogP contribution in [0.25, 0.3) is 105 Å². The van der Waals surface area contributed by atoms with Crippen molar-refractivity contribution >= 4 is 65.4 Å².